The third-order valence-corrected chi connectivity index (χ3v) is 4.67. The molecule has 0 aromatic carbocycles. The highest BCUT2D eigenvalue weighted by molar-refractivity contribution is 5.96. The zero-order chi connectivity index (χ0) is 16.6. The van der Waals surface area contributed by atoms with E-state index in [4.69, 9.17) is 0 Å². The minimum Gasteiger partial charge on any atom is -0.268 e. The molecule has 0 amide bonds. The van der Waals surface area contributed by atoms with Gasteiger partial charge in [-0.05, 0) is 44.0 Å². The van der Waals surface area contributed by atoms with E-state index in [-0.39, 0.29) is 0 Å². The van der Waals surface area contributed by atoms with Crippen LogP contribution in [0.15, 0.2) is 52.2 Å². The summed E-state index contributed by atoms with van der Waals surface area (Å²) in [6.07, 6.45) is 7.94. The molecule has 1 unspecified atom stereocenters. The van der Waals surface area contributed by atoms with Crippen molar-refractivity contribution in [2.45, 2.75) is 39.5 Å². The summed E-state index contributed by atoms with van der Waals surface area (Å²) < 4.78 is 0. The summed E-state index contributed by atoms with van der Waals surface area (Å²) in [4.78, 5) is 13.4. The fourth-order valence-corrected chi connectivity index (χ4v) is 3.67. The van der Waals surface area contributed by atoms with Crippen LogP contribution in [0.5, 0.6) is 0 Å². The number of allylic oxidation sites excluding steroid dienone is 5. The van der Waals surface area contributed by atoms with Crippen LogP contribution in [0.1, 0.15) is 50.7 Å². The number of hydrogen-bond acceptors (Lipinski definition) is 3. The summed E-state index contributed by atoms with van der Waals surface area (Å²) in [5, 5.41) is 0. The van der Waals surface area contributed by atoms with E-state index in [1.54, 1.807) is 0 Å². The smallest absolute Gasteiger partial charge is 0.155 e. The average Bonchev–Trinajstić information content (AvgIpc) is 2.88. The Bertz CT molecular complexity index is 763. The summed E-state index contributed by atoms with van der Waals surface area (Å²) in [6, 6.07) is 2.24. The topological polar surface area (TPSA) is 37.6 Å². The Balaban J connectivity index is 2.08. The van der Waals surface area contributed by atoms with E-state index < -0.39 is 0 Å². The van der Waals surface area contributed by atoms with Crippen molar-refractivity contribution in [1.29, 1.82) is 0 Å². The first-order valence-electron chi connectivity index (χ1n) is 8.15. The van der Waals surface area contributed by atoms with E-state index in [0.717, 1.165) is 46.8 Å². The van der Waals surface area contributed by atoms with Crippen LogP contribution in [0.3, 0.4) is 0 Å². The van der Waals surface area contributed by atoms with Crippen molar-refractivity contribution >= 4 is 23.8 Å². The lowest BCUT2D eigenvalue weighted by Gasteiger charge is -2.20. The number of pyridine rings is 1. The Morgan fingerprint density at radius 2 is 2.17 bits per heavy atom. The molecule has 0 N–H and O–H groups in total. The van der Waals surface area contributed by atoms with Crippen LogP contribution >= 0.6 is 0 Å². The van der Waals surface area contributed by atoms with Crippen LogP contribution < -0.4 is 0 Å². The summed E-state index contributed by atoms with van der Waals surface area (Å²) in [5.41, 5.74) is 6.77. The molecule has 0 radical (unpaired) electrons. The van der Waals surface area contributed by atoms with Crippen molar-refractivity contribution in [3.05, 3.63) is 53.4 Å². The van der Waals surface area contributed by atoms with Gasteiger partial charge in [0.05, 0.1) is 0 Å². The molecule has 0 saturated heterocycles. The van der Waals surface area contributed by atoms with Gasteiger partial charge in [-0.15, -0.1) is 0 Å². The van der Waals surface area contributed by atoms with E-state index in [1.807, 2.05) is 12.3 Å². The number of aromatic nitrogens is 1. The van der Waals surface area contributed by atoms with Gasteiger partial charge in [0.2, 0.25) is 0 Å². The quantitative estimate of drug-likeness (QED) is 0.700. The molecule has 0 saturated carbocycles. The summed E-state index contributed by atoms with van der Waals surface area (Å²) in [7, 11) is 0. The highest BCUT2D eigenvalue weighted by Crippen LogP contribution is 2.41. The van der Waals surface area contributed by atoms with Crippen molar-refractivity contribution in [2.75, 3.05) is 0 Å². The van der Waals surface area contributed by atoms with Gasteiger partial charge in [-0.1, -0.05) is 32.6 Å². The van der Waals surface area contributed by atoms with E-state index in [2.05, 4.69) is 61.2 Å². The van der Waals surface area contributed by atoms with Gasteiger partial charge in [0, 0.05) is 40.2 Å². The molecule has 0 spiro atoms. The first-order chi connectivity index (χ1) is 11.1. The normalized spacial score (nSPS) is 20.3. The SMILES string of the molecule is C=CC1=C(N=C)CCC=C1c1cnc2c(c1)C(C(C)C)C(C)=N2. The molecular weight excluding hydrogens is 282 g/mol. The van der Waals surface area contributed by atoms with Gasteiger partial charge in [0.25, 0.3) is 0 Å². The first-order valence-corrected chi connectivity index (χ1v) is 8.15. The maximum Gasteiger partial charge on any atom is 0.155 e. The summed E-state index contributed by atoms with van der Waals surface area (Å²) in [5.74, 6) is 1.74. The lowest BCUT2D eigenvalue weighted by molar-refractivity contribution is 0.608. The molecular formula is C20H23N3. The van der Waals surface area contributed by atoms with Crippen LogP contribution in [0, 0.1) is 5.92 Å². The van der Waals surface area contributed by atoms with Gasteiger partial charge < -0.3 is 0 Å². The molecule has 1 aromatic heterocycles. The first kappa shape index (κ1) is 15.6. The number of hydrogen-bond donors (Lipinski definition) is 0. The number of rotatable bonds is 4. The van der Waals surface area contributed by atoms with Crippen molar-refractivity contribution in [2.24, 2.45) is 15.9 Å². The molecule has 3 heteroatoms. The van der Waals surface area contributed by atoms with E-state index in [9.17, 15) is 0 Å². The van der Waals surface area contributed by atoms with Crippen LogP contribution in [-0.4, -0.2) is 17.4 Å². The molecule has 23 heavy (non-hydrogen) atoms. The summed E-state index contributed by atoms with van der Waals surface area (Å²) in [6.45, 7) is 14.2. The number of aliphatic imine (C=N–C) groups is 2. The fourth-order valence-electron chi connectivity index (χ4n) is 3.67. The summed E-state index contributed by atoms with van der Waals surface area (Å²) >= 11 is 0. The second kappa shape index (κ2) is 6.07. The van der Waals surface area contributed by atoms with E-state index in [0.29, 0.717) is 11.8 Å². The van der Waals surface area contributed by atoms with Crippen LogP contribution in [0.25, 0.3) is 5.57 Å². The monoisotopic (exact) mass is 305 g/mol. The Hall–Kier alpha value is -2.29. The fraction of sp³-hybridized carbons (Fsp3) is 0.350. The van der Waals surface area contributed by atoms with E-state index in [1.165, 1.54) is 5.56 Å². The highest BCUT2D eigenvalue weighted by Gasteiger charge is 2.29. The van der Waals surface area contributed by atoms with Crippen LogP contribution in [0.4, 0.5) is 5.82 Å². The molecule has 1 aliphatic carbocycles. The second-order valence-corrected chi connectivity index (χ2v) is 6.49. The van der Waals surface area contributed by atoms with E-state index >= 15 is 0 Å². The van der Waals surface area contributed by atoms with Crippen LogP contribution in [0.2, 0.25) is 0 Å². The lowest BCUT2D eigenvalue weighted by atomic mass is 9.84. The Morgan fingerprint density at radius 1 is 1.39 bits per heavy atom. The molecule has 3 rings (SSSR count). The Labute approximate surface area is 138 Å². The lowest BCUT2D eigenvalue weighted by Crippen LogP contribution is -2.12. The highest BCUT2D eigenvalue weighted by atomic mass is 14.9. The van der Waals surface area contributed by atoms with Gasteiger partial charge in [-0.2, -0.15) is 0 Å². The second-order valence-electron chi connectivity index (χ2n) is 6.49. The number of fused-ring (bicyclic) bond motifs is 1. The molecule has 1 atom stereocenters. The van der Waals surface area contributed by atoms with Gasteiger partial charge in [0.15, 0.2) is 5.82 Å². The van der Waals surface area contributed by atoms with Crippen molar-refractivity contribution in [3.63, 3.8) is 0 Å². The van der Waals surface area contributed by atoms with Gasteiger partial charge in [-0.3, -0.25) is 4.99 Å². The van der Waals surface area contributed by atoms with Gasteiger partial charge in [0.1, 0.15) is 0 Å². The van der Waals surface area contributed by atoms with Crippen molar-refractivity contribution in [1.82, 2.24) is 4.98 Å². The molecule has 118 valence electrons. The minimum absolute atomic E-state index is 0.356. The van der Waals surface area contributed by atoms with Gasteiger partial charge >= 0.3 is 0 Å². The van der Waals surface area contributed by atoms with Crippen molar-refractivity contribution < 1.29 is 0 Å². The van der Waals surface area contributed by atoms with Gasteiger partial charge in [-0.25, -0.2) is 9.98 Å². The predicted molar refractivity (Wildman–Crippen MR) is 98.6 cm³/mol. The minimum atomic E-state index is 0.356. The molecule has 1 aromatic rings. The number of nitrogens with zero attached hydrogens (tertiary/aromatic N) is 3. The molecule has 0 fully saturated rings. The third kappa shape index (κ3) is 2.61. The molecule has 2 heterocycles. The zero-order valence-electron chi connectivity index (χ0n) is 14.1. The Morgan fingerprint density at radius 3 is 2.83 bits per heavy atom. The van der Waals surface area contributed by atoms with Crippen molar-refractivity contribution in [3.8, 4) is 0 Å². The van der Waals surface area contributed by atoms with Crippen LogP contribution in [-0.2, 0) is 0 Å². The average molecular weight is 305 g/mol. The maximum atomic E-state index is 4.64. The molecule has 3 nitrogen and oxygen atoms in total. The predicted octanol–water partition coefficient (Wildman–Crippen LogP) is 5.25. The zero-order valence-corrected chi connectivity index (χ0v) is 14.1. The molecule has 1 aliphatic heterocycles. The molecule has 2 aliphatic rings. The third-order valence-electron chi connectivity index (χ3n) is 4.67. The Kier molecular flexibility index (Phi) is 4.12. The maximum absolute atomic E-state index is 4.64. The largest absolute Gasteiger partial charge is 0.268 e. The molecule has 0 bridgehead atoms. The standard InChI is InChI=1S/C20H23N3/c1-6-15-16(8-7-9-18(15)21-5)14-10-17-19(12(2)3)13(4)23-20(17)22-11-14/h6,8,10-12,19H,1,5,7,9H2,2-4H3.